The Balaban J connectivity index is 0. The molecule has 0 aliphatic heterocycles. The standard InChI is InChI=1S/Ce.3ClH/h;3*1H/p-2. The van der Waals surface area contributed by atoms with Gasteiger partial charge in [-0.05, 0) is 0 Å². The van der Waals surface area contributed by atoms with Crippen molar-refractivity contribution < 1.29 is 66.6 Å². The van der Waals surface area contributed by atoms with Crippen LogP contribution in [0.3, 0.4) is 0 Å². The van der Waals surface area contributed by atoms with Crippen molar-refractivity contribution >= 4 is 12.4 Å². The molecule has 0 unspecified atom stereocenters. The SMILES string of the molecule is Cl.[Ce].[Cl-].[Cl-]. The molecule has 0 aromatic carbocycles. The molecule has 0 rings (SSSR count). The zero-order valence-corrected chi connectivity index (χ0v) is 7.13. The molecule has 0 atom stereocenters. The van der Waals surface area contributed by atoms with Gasteiger partial charge in [0.05, 0.1) is 0 Å². The molecule has 0 saturated heterocycles. The largest absolute Gasteiger partial charge is 1.00 e. The van der Waals surface area contributed by atoms with E-state index in [9.17, 15) is 0 Å². The fraction of sp³-hybridized carbons (Fsp3) is 0. The third-order valence-electron chi connectivity index (χ3n) is 0. The van der Waals surface area contributed by atoms with Crippen molar-refractivity contribution in [2.75, 3.05) is 0 Å². The Morgan fingerprint density at radius 2 is 0.750 bits per heavy atom. The summed E-state index contributed by atoms with van der Waals surface area (Å²) in [5, 5.41) is 0. The van der Waals surface area contributed by atoms with E-state index in [2.05, 4.69) is 0 Å². The van der Waals surface area contributed by atoms with Crippen molar-refractivity contribution in [3.8, 4) is 0 Å². The van der Waals surface area contributed by atoms with Crippen molar-refractivity contribution in [3.63, 3.8) is 0 Å². The minimum Gasteiger partial charge on any atom is -1.00 e. The molecule has 4 heteroatoms. The molecular weight excluding hydrogens is 246 g/mol. The Labute approximate surface area is 77.7 Å². The average Bonchev–Trinajstić information content (AvgIpc) is 0. The van der Waals surface area contributed by atoms with Gasteiger partial charge in [-0.2, -0.15) is 0 Å². The summed E-state index contributed by atoms with van der Waals surface area (Å²) in [7, 11) is 0. The van der Waals surface area contributed by atoms with E-state index in [0.29, 0.717) is 0 Å². The molecule has 0 nitrogen and oxygen atoms in total. The van der Waals surface area contributed by atoms with Gasteiger partial charge < -0.3 is 24.8 Å². The first kappa shape index (κ1) is 34.1. The maximum atomic E-state index is 0. The predicted molar refractivity (Wildman–Crippen MR) is 7.25 cm³/mol. The van der Waals surface area contributed by atoms with E-state index >= 15 is 0 Å². The van der Waals surface area contributed by atoms with Gasteiger partial charge in [-0.1, -0.05) is 0 Å². The average molecular weight is 247 g/mol. The quantitative estimate of drug-likeness (QED) is 0.401. The summed E-state index contributed by atoms with van der Waals surface area (Å²) in [5.74, 6) is 0. The van der Waals surface area contributed by atoms with Crippen LogP contribution in [0.2, 0.25) is 0 Å². The maximum Gasteiger partial charge on any atom is 0 e. The second kappa shape index (κ2) is 18.7. The topological polar surface area (TPSA) is 0 Å². The van der Waals surface area contributed by atoms with Crippen LogP contribution in [0.25, 0.3) is 0 Å². The van der Waals surface area contributed by atoms with E-state index in [1.54, 1.807) is 0 Å². The molecule has 28 valence electrons. The van der Waals surface area contributed by atoms with Gasteiger partial charge in [-0.3, -0.25) is 0 Å². The molecule has 0 bridgehead atoms. The number of hydrogen-bond acceptors (Lipinski definition) is 0. The normalized spacial score (nSPS) is 0. The minimum absolute atomic E-state index is 0. The zero-order chi connectivity index (χ0) is 0. The summed E-state index contributed by atoms with van der Waals surface area (Å²) >= 11 is 0. The predicted octanol–water partition coefficient (Wildman–Crippen LogP) is -5.57. The summed E-state index contributed by atoms with van der Waals surface area (Å²) in [4.78, 5) is 0. The van der Waals surface area contributed by atoms with E-state index in [-0.39, 0.29) is 79.0 Å². The second-order valence-electron chi connectivity index (χ2n) is 0. The van der Waals surface area contributed by atoms with Crippen molar-refractivity contribution in [2.24, 2.45) is 0 Å². The third kappa shape index (κ3) is 8.87. The molecule has 0 heterocycles. The number of hydrogen-bond donors (Lipinski definition) is 0. The molecule has 4 heavy (non-hydrogen) atoms. The molecule has 0 N–H and O–H groups in total. The van der Waals surface area contributed by atoms with Crippen LogP contribution >= 0.6 is 12.4 Å². The van der Waals surface area contributed by atoms with E-state index in [1.165, 1.54) is 0 Å². The van der Waals surface area contributed by atoms with Gasteiger partial charge >= 0.3 is 0 Å². The Bertz CT molecular complexity index is 3.25. The van der Waals surface area contributed by atoms with Crippen LogP contribution in [-0.2, 0) is 0 Å². The van der Waals surface area contributed by atoms with E-state index in [1.807, 2.05) is 0 Å². The smallest absolute Gasteiger partial charge is 0 e. The summed E-state index contributed by atoms with van der Waals surface area (Å²) < 4.78 is 0. The Kier molecular flexibility index (Phi) is 160. The van der Waals surface area contributed by atoms with Gasteiger partial charge in [0.2, 0.25) is 0 Å². The molecule has 0 aliphatic rings. The van der Waals surface area contributed by atoms with Gasteiger partial charge in [0.25, 0.3) is 0 Å². The molecule has 0 aliphatic carbocycles. The van der Waals surface area contributed by atoms with Gasteiger partial charge in [-0.25, -0.2) is 0 Å². The van der Waals surface area contributed by atoms with E-state index < -0.39 is 0 Å². The number of halogens is 3. The van der Waals surface area contributed by atoms with Crippen LogP contribution in [0.4, 0.5) is 0 Å². The first-order valence-electron chi connectivity index (χ1n) is 0. The fourth-order valence-electron chi connectivity index (χ4n) is 0. The summed E-state index contributed by atoms with van der Waals surface area (Å²) in [5.41, 5.74) is 0. The van der Waals surface area contributed by atoms with Crippen LogP contribution in [0.5, 0.6) is 0 Å². The van der Waals surface area contributed by atoms with E-state index in [4.69, 9.17) is 0 Å². The van der Waals surface area contributed by atoms with Crippen molar-refractivity contribution in [3.05, 3.63) is 0 Å². The molecule has 0 saturated carbocycles. The summed E-state index contributed by atoms with van der Waals surface area (Å²) in [6.45, 7) is 0. The van der Waals surface area contributed by atoms with Crippen molar-refractivity contribution in [1.29, 1.82) is 0 Å². The van der Waals surface area contributed by atoms with Crippen LogP contribution in [0, 0.1) is 41.7 Å². The monoisotopic (exact) mass is 246 g/mol. The third-order valence-corrected chi connectivity index (χ3v) is 0. The molecule has 0 radical (unpaired) electrons. The maximum absolute atomic E-state index is 0. The van der Waals surface area contributed by atoms with Gasteiger partial charge in [0, 0.05) is 41.7 Å². The number of rotatable bonds is 0. The van der Waals surface area contributed by atoms with E-state index in [0.717, 1.165) is 0 Å². The van der Waals surface area contributed by atoms with Gasteiger partial charge in [0.15, 0.2) is 0 Å². The molecule has 0 spiro atoms. The molecule has 0 fully saturated rings. The Hall–Kier alpha value is 2.25. The Morgan fingerprint density at radius 1 is 0.750 bits per heavy atom. The van der Waals surface area contributed by atoms with Crippen molar-refractivity contribution in [1.82, 2.24) is 0 Å². The van der Waals surface area contributed by atoms with Crippen LogP contribution in [0.15, 0.2) is 0 Å². The summed E-state index contributed by atoms with van der Waals surface area (Å²) in [6, 6.07) is 0. The first-order valence-corrected chi connectivity index (χ1v) is 0. The Morgan fingerprint density at radius 3 is 0.750 bits per heavy atom. The van der Waals surface area contributed by atoms with Crippen LogP contribution in [-0.4, -0.2) is 0 Å². The first-order chi connectivity index (χ1) is 0. The molecule has 0 amide bonds. The summed E-state index contributed by atoms with van der Waals surface area (Å²) in [6.07, 6.45) is 0. The van der Waals surface area contributed by atoms with Crippen LogP contribution in [0.1, 0.15) is 0 Å². The molecule has 0 aromatic rings. The second-order valence-corrected chi connectivity index (χ2v) is 0. The van der Waals surface area contributed by atoms with Gasteiger partial charge in [-0.15, -0.1) is 12.4 Å². The molecule has 0 aromatic heterocycles. The minimum atomic E-state index is 0. The van der Waals surface area contributed by atoms with Crippen molar-refractivity contribution in [2.45, 2.75) is 0 Å². The van der Waals surface area contributed by atoms with Crippen LogP contribution < -0.4 is 24.8 Å². The fourth-order valence-corrected chi connectivity index (χ4v) is 0. The van der Waals surface area contributed by atoms with Gasteiger partial charge in [0.1, 0.15) is 0 Å². The zero-order valence-electron chi connectivity index (χ0n) is 1.66. The molecular formula is HCeCl3-2.